The van der Waals surface area contributed by atoms with Gasteiger partial charge in [-0.1, -0.05) is 0 Å². The average molecular weight is 297 g/mol. The van der Waals surface area contributed by atoms with Gasteiger partial charge in [0, 0.05) is 7.05 Å². The van der Waals surface area contributed by atoms with Gasteiger partial charge in [0.25, 0.3) is 5.56 Å². The number of aromatic nitrogens is 4. The largest absolute Gasteiger partial charge is 0.394 e. The fourth-order valence-electron chi connectivity index (χ4n) is 2.32. The summed E-state index contributed by atoms with van der Waals surface area (Å²) in [6.07, 6.45) is -2.95. The van der Waals surface area contributed by atoms with Crippen molar-refractivity contribution in [1.29, 1.82) is 0 Å². The van der Waals surface area contributed by atoms with Crippen LogP contribution in [0.1, 0.15) is 0 Å². The van der Waals surface area contributed by atoms with Gasteiger partial charge in [0.15, 0.2) is 17.4 Å². The van der Waals surface area contributed by atoms with Crippen LogP contribution in [0.15, 0.2) is 11.1 Å². The molecule has 0 bridgehead atoms. The van der Waals surface area contributed by atoms with E-state index in [1.165, 1.54) is 18.3 Å². The molecular weight excluding hydrogens is 282 g/mol. The monoisotopic (exact) mass is 297 g/mol. The third-order valence-corrected chi connectivity index (χ3v) is 3.52. The molecule has 0 amide bonds. The van der Waals surface area contributed by atoms with E-state index in [2.05, 4.69) is 19.9 Å². The summed E-state index contributed by atoms with van der Waals surface area (Å²) in [5.41, 5.74) is 0.0618. The number of rotatable bonds is 3. The number of imidazole rings is 1. The number of H-pyrrole nitrogens is 2. The van der Waals surface area contributed by atoms with Crippen molar-refractivity contribution in [3.63, 3.8) is 0 Å². The van der Waals surface area contributed by atoms with E-state index in [9.17, 15) is 15.0 Å². The van der Waals surface area contributed by atoms with E-state index >= 15 is 0 Å². The molecule has 0 spiro atoms. The van der Waals surface area contributed by atoms with E-state index in [-0.39, 0.29) is 17.1 Å². The van der Waals surface area contributed by atoms with Crippen LogP contribution in [-0.2, 0) is 4.74 Å². The predicted molar refractivity (Wildman–Crippen MR) is 70.7 cm³/mol. The first kappa shape index (κ1) is 13.9. The highest BCUT2D eigenvalue weighted by atomic mass is 16.6. The highest BCUT2D eigenvalue weighted by Gasteiger charge is 2.44. The maximum Gasteiger partial charge on any atom is 0.278 e. The lowest BCUT2D eigenvalue weighted by Crippen LogP contribution is -2.43. The van der Waals surface area contributed by atoms with Gasteiger partial charge in [-0.2, -0.15) is 4.98 Å². The second-order valence-corrected chi connectivity index (χ2v) is 4.83. The molecule has 1 unspecified atom stereocenters. The van der Waals surface area contributed by atoms with Gasteiger partial charge in [-0.3, -0.25) is 9.78 Å². The van der Waals surface area contributed by atoms with Gasteiger partial charge in [-0.05, 0) is 0 Å². The Bertz CT molecular complexity index is 700. The van der Waals surface area contributed by atoms with Crippen LogP contribution in [0.5, 0.6) is 0 Å². The van der Waals surface area contributed by atoms with E-state index in [4.69, 9.17) is 9.84 Å². The second-order valence-electron chi connectivity index (χ2n) is 4.83. The number of aliphatic hydroxyl groups is 3. The molecular formula is C11H15N5O5. The summed E-state index contributed by atoms with van der Waals surface area (Å²) in [5, 5.41) is 28.8. The molecule has 1 fully saturated rings. The van der Waals surface area contributed by atoms with Gasteiger partial charge in [0.2, 0.25) is 5.95 Å². The third kappa shape index (κ3) is 2.17. The van der Waals surface area contributed by atoms with Crippen molar-refractivity contribution in [3.8, 4) is 0 Å². The molecule has 2 aromatic rings. The topological polar surface area (TPSA) is 148 Å². The van der Waals surface area contributed by atoms with Crippen LogP contribution < -0.4 is 10.5 Å². The lowest BCUT2D eigenvalue weighted by Gasteiger charge is -2.26. The maximum absolute atomic E-state index is 11.9. The number of aliphatic hydroxyl groups excluding tert-OH is 3. The van der Waals surface area contributed by atoms with Crippen LogP contribution in [-0.4, -0.2) is 73.4 Å². The van der Waals surface area contributed by atoms with Crippen molar-refractivity contribution in [2.75, 3.05) is 18.6 Å². The molecule has 1 saturated heterocycles. The quantitative estimate of drug-likeness (QED) is 0.418. The molecule has 0 radical (unpaired) electrons. The van der Waals surface area contributed by atoms with Gasteiger partial charge < -0.3 is 29.9 Å². The molecule has 4 atom stereocenters. The first-order valence-corrected chi connectivity index (χ1v) is 6.31. The van der Waals surface area contributed by atoms with Gasteiger partial charge in [0.05, 0.1) is 12.9 Å². The Morgan fingerprint density at radius 3 is 2.86 bits per heavy atom. The molecule has 3 rings (SSSR count). The van der Waals surface area contributed by atoms with Crippen LogP contribution in [0, 0.1) is 0 Å². The number of hydrogen-bond acceptors (Lipinski definition) is 8. The first-order chi connectivity index (χ1) is 10.0. The maximum atomic E-state index is 11.9. The van der Waals surface area contributed by atoms with Crippen molar-refractivity contribution in [2.24, 2.45) is 0 Å². The number of likely N-dealkylation sites (N-methyl/N-ethyl adjacent to an activating group) is 1. The van der Waals surface area contributed by atoms with E-state index in [0.717, 1.165) is 0 Å². The number of ether oxygens (including phenoxy) is 1. The van der Waals surface area contributed by atoms with E-state index < -0.39 is 36.7 Å². The average Bonchev–Trinajstić information content (AvgIpc) is 3.05. The molecule has 0 saturated carbocycles. The molecule has 10 heteroatoms. The number of nitrogens with one attached hydrogen (secondary N) is 2. The fourth-order valence-corrected chi connectivity index (χ4v) is 2.32. The minimum atomic E-state index is -1.24. The molecule has 0 aliphatic carbocycles. The fraction of sp³-hybridized carbons (Fsp3) is 0.545. The number of anilines is 1. The molecule has 0 aromatic carbocycles. The Morgan fingerprint density at radius 2 is 2.19 bits per heavy atom. The van der Waals surface area contributed by atoms with Crippen molar-refractivity contribution in [3.05, 3.63) is 16.7 Å². The minimum Gasteiger partial charge on any atom is -0.394 e. The lowest BCUT2D eigenvalue weighted by atomic mass is 10.1. The van der Waals surface area contributed by atoms with Crippen LogP contribution in [0.25, 0.3) is 11.2 Å². The molecule has 3 heterocycles. The summed E-state index contributed by atoms with van der Waals surface area (Å²) in [6, 6.07) is 0. The summed E-state index contributed by atoms with van der Waals surface area (Å²) >= 11 is 0. The summed E-state index contributed by atoms with van der Waals surface area (Å²) in [5.74, 6) is 0.134. The lowest BCUT2D eigenvalue weighted by molar-refractivity contribution is -0.0215. The Kier molecular flexibility index (Phi) is 3.37. The zero-order valence-electron chi connectivity index (χ0n) is 11.1. The van der Waals surface area contributed by atoms with E-state index in [0.29, 0.717) is 0 Å². The molecule has 2 aromatic heterocycles. The second kappa shape index (κ2) is 5.07. The molecule has 1 aliphatic heterocycles. The number of hydrogen-bond donors (Lipinski definition) is 5. The number of nitrogens with zero attached hydrogens (tertiary/aromatic N) is 3. The zero-order valence-corrected chi connectivity index (χ0v) is 11.1. The summed E-state index contributed by atoms with van der Waals surface area (Å²) in [7, 11) is 1.54. The predicted octanol–water partition coefficient (Wildman–Crippen LogP) is -2.48. The molecule has 1 aliphatic rings. The van der Waals surface area contributed by atoms with E-state index in [1.54, 1.807) is 0 Å². The standard InChI is InChI=1S/C11H15N5O5/c1-16(10-7(19)6(18)4(2-17)21-10)11-14-8-5(9(20)15-11)12-3-13-8/h3-4,6-7,10,17-19H,2H2,1H3,(H2,12,13,14,15,20)/t4-,6-,7+,10?/m1/s1. The normalized spacial score (nSPS) is 29.1. The van der Waals surface area contributed by atoms with Crippen molar-refractivity contribution in [2.45, 2.75) is 24.5 Å². The molecule has 114 valence electrons. The van der Waals surface area contributed by atoms with Crippen LogP contribution in [0.4, 0.5) is 5.95 Å². The number of fused-ring (bicyclic) bond motifs is 1. The van der Waals surface area contributed by atoms with Crippen LogP contribution in [0.2, 0.25) is 0 Å². The van der Waals surface area contributed by atoms with Gasteiger partial charge in [-0.15, -0.1) is 0 Å². The van der Waals surface area contributed by atoms with Crippen molar-refractivity contribution in [1.82, 2.24) is 19.9 Å². The Hall–Kier alpha value is -2.01. The van der Waals surface area contributed by atoms with Crippen LogP contribution >= 0.6 is 0 Å². The first-order valence-electron chi connectivity index (χ1n) is 6.31. The van der Waals surface area contributed by atoms with Gasteiger partial charge in [0.1, 0.15) is 18.3 Å². The summed E-state index contributed by atoms with van der Waals surface area (Å²) in [6.45, 7) is -0.426. The Balaban J connectivity index is 1.93. The Labute approximate surface area is 118 Å². The molecule has 21 heavy (non-hydrogen) atoms. The SMILES string of the molecule is CN(c1nc2nc[nH]c2c(=O)[nH]1)C1O[C@H](CO)[C@@H](O)[C@@H]1O. The summed E-state index contributed by atoms with van der Waals surface area (Å²) < 4.78 is 5.37. The van der Waals surface area contributed by atoms with Crippen molar-refractivity contribution >= 4 is 17.1 Å². The smallest absolute Gasteiger partial charge is 0.278 e. The highest BCUT2D eigenvalue weighted by Crippen LogP contribution is 2.25. The third-order valence-electron chi connectivity index (χ3n) is 3.52. The molecule has 5 N–H and O–H groups in total. The van der Waals surface area contributed by atoms with Crippen molar-refractivity contribution < 1.29 is 20.1 Å². The van der Waals surface area contributed by atoms with Gasteiger partial charge in [-0.25, -0.2) is 4.98 Å². The minimum absolute atomic E-state index is 0.134. The highest BCUT2D eigenvalue weighted by molar-refractivity contribution is 5.69. The zero-order chi connectivity index (χ0) is 15.1. The Morgan fingerprint density at radius 1 is 1.43 bits per heavy atom. The number of aromatic amines is 2. The van der Waals surface area contributed by atoms with Gasteiger partial charge >= 0.3 is 0 Å². The molecule has 10 nitrogen and oxygen atoms in total. The van der Waals surface area contributed by atoms with Crippen LogP contribution in [0.3, 0.4) is 0 Å². The summed E-state index contributed by atoms with van der Waals surface area (Å²) in [4.78, 5) is 26.5. The van der Waals surface area contributed by atoms with E-state index in [1.807, 2.05) is 0 Å².